The van der Waals surface area contributed by atoms with Crippen molar-refractivity contribution in [3.63, 3.8) is 0 Å². The lowest BCUT2D eigenvalue weighted by Gasteiger charge is -2.18. The summed E-state index contributed by atoms with van der Waals surface area (Å²) in [6.07, 6.45) is -5.15. The molecule has 12 heteroatoms. The summed E-state index contributed by atoms with van der Waals surface area (Å²) in [4.78, 5) is 15.1. The first-order valence-electron chi connectivity index (χ1n) is 8.30. The maximum absolute atomic E-state index is 13.3. The van der Waals surface area contributed by atoms with Crippen molar-refractivity contribution in [2.75, 3.05) is 23.4 Å². The molecular weight excluding hydrogens is 427 g/mol. The van der Waals surface area contributed by atoms with Gasteiger partial charge in [-0.15, -0.1) is 0 Å². The van der Waals surface area contributed by atoms with Crippen molar-refractivity contribution in [2.24, 2.45) is 0 Å². The van der Waals surface area contributed by atoms with Crippen LogP contribution in [0, 0.1) is 0 Å². The van der Waals surface area contributed by atoms with E-state index in [1.165, 1.54) is 6.07 Å². The Kier molecular flexibility index (Phi) is 5.53. The monoisotopic (exact) mass is 443 g/mol. The van der Waals surface area contributed by atoms with E-state index in [4.69, 9.17) is 9.47 Å². The molecule has 0 atom stereocenters. The van der Waals surface area contributed by atoms with Crippen molar-refractivity contribution in [1.29, 1.82) is 0 Å². The summed E-state index contributed by atoms with van der Waals surface area (Å²) in [5.74, 6) is -0.254. The summed E-state index contributed by atoms with van der Waals surface area (Å²) in [5.41, 5.74) is -1.43. The molecule has 0 spiro atoms. The highest BCUT2D eigenvalue weighted by Crippen LogP contribution is 2.41. The number of nitrogens with one attached hydrogen (secondary N) is 3. The fourth-order valence-corrected chi connectivity index (χ4v) is 3.27. The summed E-state index contributed by atoms with van der Waals surface area (Å²) < 4.78 is 74.9. The minimum Gasteiger partial charge on any atom is -0.492 e. The number of sulfonamides is 1. The maximum Gasteiger partial charge on any atom is 0.418 e. The van der Waals surface area contributed by atoms with Crippen LogP contribution in [-0.4, -0.2) is 32.9 Å². The number of anilines is 2. The summed E-state index contributed by atoms with van der Waals surface area (Å²) >= 11 is 0. The Balaban J connectivity index is 1.94. The van der Waals surface area contributed by atoms with Gasteiger partial charge in [-0.2, -0.15) is 13.2 Å². The number of amides is 1. The van der Waals surface area contributed by atoms with E-state index >= 15 is 0 Å². The number of para-hydroxylation sites is 1. The molecule has 0 aliphatic carbocycles. The average molecular weight is 443 g/mol. The zero-order chi connectivity index (χ0) is 22.1. The van der Waals surface area contributed by atoms with Crippen LogP contribution < -0.4 is 19.5 Å². The average Bonchev–Trinajstić information content (AvgIpc) is 3.01. The normalized spacial score (nSPS) is 11.9. The highest BCUT2D eigenvalue weighted by molar-refractivity contribution is 7.92. The number of hydrogen-bond donors (Lipinski definition) is 3. The van der Waals surface area contributed by atoms with Crippen LogP contribution in [0.1, 0.15) is 5.56 Å². The molecule has 1 amide bonds. The van der Waals surface area contributed by atoms with Gasteiger partial charge >= 0.3 is 12.3 Å². The number of hydrogen-bond acceptors (Lipinski definition) is 5. The molecule has 0 saturated heterocycles. The van der Waals surface area contributed by atoms with Crippen molar-refractivity contribution >= 4 is 38.4 Å². The minimum atomic E-state index is -4.81. The van der Waals surface area contributed by atoms with Crippen LogP contribution in [0.15, 0.2) is 42.5 Å². The molecule has 2 aromatic carbocycles. The van der Waals surface area contributed by atoms with Gasteiger partial charge in [0.2, 0.25) is 15.9 Å². The smallest absolute Gasteiger partial charge is 0.418 e. The standard InChI is InChI=1S/C18H16F3N3O5S/c1-28-16-13(8-11(18(19,20)21)9-14(16)24-30(2,26)27)23-17(25)29-15-7-10-5-3-4-6-12(10)22-15/h3-9,22,24H,1-2H3,(H,23,25). The predicted molar refractivity (Wildman–Crippen MR) is 104 cm³/mol. The van der Waals surface area contributed by atoms with Crippen molar-refractivity contribution in [3.8, 4) is 11.6 Å². The van der Waals surface area contributed by atoms with Gasteiger partial charge in [0.25, 0.3) is 0 Å². The molecule has 0 fully saturated rings. The van der Waals surface area contributed by atoms with Gasteiger partial charge in [-0.1, -0.05) is 18.2 Å². The first-order chi connectivity index (χ1) is 14.0. The van der Waals surface area contributed by atoms with Gasteiger partial charge < -0.3 is 14.5 Å². The number of halogens is 3. The van der Waals surface area contributed by atoms with Crippen LogP contribution in [0.3, 0.4) is 0 Å². The molecule has 0 saturated carbocycles. The summed E-state index contributed by atoms with van der Waals surface area (Å²) in [7, 11) is -2.81. The second-order valence-corrected chi connectivity index (χ2v) is 7.96. The number of methoxy groups -OCH3 is 1. The summed E-state index contributed by atoms with van der Waals surface area (Å²) in [6.45, 7) is 0. The zero-order valence-electron chi connectivity index (χ0n) is 15.6. The Morgan fingerprint density at radius 3 is 2.37 bits per heavy atom. The number of fused-ring (bicyclic) bond motifs is 1. The fourth-order valence-electron chi connectivity index (χ4n) is 2.72. The van der Waals surface area contributed by atoms with Gasteiger partial charge in [-0.05, 0) is 18.2 Å². The molecule has 160 valence electrons. The number of H-pyrrole nitrogens is 1. The van der Waals surface area contributed by atoms with E-state index in [2.05, 4.69) is 10.3 Å². The van der Waals surface area contributed by atoms with Crippen LogP contribution in [0.2, 0.25) is 0 Å². The lowest BCUT2D eigenvalue weighted by Crippen LogP contribution is -2.19. The second-order valence-electron chi connectivity index (χ2n) is 6.21. The van der Waals surface area contributed by atoms with Crippen LogP contribution in [0.5, 0.6) is 11.6 Å². The molecule has 0 aliphatic rings. The number of benzene rings is 2. The lowest BCUT2D eigenvalue weighted by molar-refractivity contribution is -0.137. The van der Waals surface area contributed by atoms with Crippen molar-refractivity contribution in [2.45, 2.75) is 6.18 Å². The van der Waals surface area contributed by atoms with Crippen molar-refractivity contribution in [3.05, 3.63) is 48.0 Å². The highest BCUT2D eigenvalue weighted by atomic mass is 32.2. The van der Waals surface area contributed by atoms with E-state index in [9.17, 15) is 26.4 Å². The topological polar surface area (TPSA) is 110 Å². The predicted octanol–water partition coefficient (Wildman–Crippen LogP) is 4.18. The van der Waals surface area contributed by atoms with E-state index in [0.717, 1.165) is 18.8 Å². The van der Waals surface area contributed by atoms with Crippen LogP contribution >= 0.6 is 0 Å². The van der Waals surface area contributed by atoms with Gasteiger partial charge in [0, 0.05) is 17.0 Å². The number of aromatic nitrogens is 1. The largest absolute Gasteiger partial charge is 0.492 e. The fraction of sp³-hybridized carbons (Fsp3) is 0.167. The minimum absolute atomic E-state index is 0.0640. The number of carbonyl (C=O) groups is 1. The van der Waals surface area contributed by atoms with Crippen molar-refractivity contribution < 1.29 is 35.9 Å². The van der Waals surface area contributed by atoms with Gasteiger partial charge in [0.15, 0.2) is 5.75 Å². The van der Waals surface area contributed by atoms with Gasteiger partial charge in [0.05, 0.1) is 30.3 Å². The second kappa shape index (κ2) is 7.78. The molecule has 0 aliphatic heterocycles. The van der Waals surface area contributed by atoms with E-state index < -0.39 is 39.2 Å². The maximum atomic E-state index is 13.3. The van der Waals surface area contributed by atoms with Gasteiger partial charge in [-0.3, -0.25) is 10.0 Å². The Morgan fingerprint density at radius 1 is 1.10 bits per heavy atom. The Morgan fingerprint density at radius 2 is 1.77 bits per heavy atom. The van der Waals surface area contributed by atoms with E-state index in [1.807, 2.05) is 4.72 Å². The SMILES string of the molecule is COc1c(NC(=O)Oc2cc3ccccc3[nH]2)cc(C(F)(F)F)cc1NS(C)(=O)=O. The molecule has 0 unspecified atom stereocenters. The number of aromatic amines is 1. The molecule has 3 rings (SSSR count). The quantitative estimate of drug-likeness (QED) is 0.548. The van der Waals surface area contributed by atoms with Gasteiger partial charge in [-0.25, -0.2) is 13.2 Å². The number of alkyl halides is 3. The number of rotatable bonds is 5. The molecule has 8 nitrogen and oxygen atoms in total. The molecule has 1 aromatic heterocycles. The molecule has 3 aromatic rings. The summed E-state index contributed by atoms with van der Waals surface area (Å²) in [5, 5.41) is 2.91. The third kappa shape index (κ3) is 4.95. The first-order valence-corrected chi connectivity index (χ1v) is 10.2. The number of ether oxygens (including phenoxy) is 2. The van der Waals surface area contributed by atoms with Crippen LogP contribution in [0.25, 0.3) is 10.9 Å². The highest BCUT2D eigenvalue weighted by Gasteiger charge is 2.33. The molecule has 3 N–H and O–H groups in total. The molecule has 1 heterocycles. The van der Waals surface area contributed by atoms with E-state index in [-0.39, 0.29) is 11.6 Å². The Bertz CT molecular complexity index is 1170. The van der Waals surface area contributed by atoms with E-state index in [0.29, 0.717) is 17.6 Å². The molecular formula is C18H16F3N3O5S. The van der Waals surface area contributed by atoms with Crippen LogP contribution in [-0.2, 0) is 16.2 Å². The Hall–Kier alpha value is -3.41. The molecule has 0 radical (unpaired) electrons. The lowest BCUT2D eigenvalue weighted by atomic mass is 10.1. The summed E-state index contributed by atoms with van der Waals surface area (Å²) in [6, 6.07) is 9.78. The van der Waals surface area contributed by atoms with E-state index in [1.54, 1.807) is 24.3 Å². The van der Waals surface area contributed by atoms with Gasteiger partial charge in [0.1, 0.15) is 0 Å². The zero-order valence-corrected chi connectivity index (χ0v) is 16.4. The molecule has 30 heavy (non-hydrogen) atoms. The number of carbonyl (C=O) groups excluding carboxylic acids is 1. The van der Waals surface area contributed by atoms with Crippen molar-refractivity contribution in [1.82, 2.24) is 4.98 Å². The first kappa shape index (κ1) is 21.3. The van der Waals surface area contributed by atoms with Crippen LogP contribution in [0.4, 0.5) is 29.3 Å². The third-order valence-electron chi connectivity index (χ3n) is 3.86. The Labute approximate surface area is 169 Å². The third-order valence-corrected chi connectivity index (χ3v) is 4.45. The molecule has 0 bridgehead atoms.